The zero-order valence-corrected chi connectivity index (χ0v) is 14.6. The first-order valence-electron chi connectivity index (χ1n) is 7.30. The molecule has 0 bridgehead atoms. The average molecular weight is 347 g/mol. The van der Waals surface area contributed by atoms with Gasteiger partial charge in [0.05, 0.1) is 6.61 Å². The van der Waals surface area contributed by atoms with Crippen LogP contribution in [-0.4, -0.2) is 39.3 Å². The number of carbonyl (C=O) groups excluding carboxylic acids is 1. The molecule has 2 rings (SSSR count). The fourth-order valence-corrected chi connectivity index (χ4v) is 3.16. The monoisotopic (exact) mass is 346 g/mol. The molecule has 6 heteroatoms. The molecule has 1 aromatic rings. The van der Waals surface area contributed by atoms with E-state index in [9.17, 15) is 4.79 Å². The Bertz CT molecular complexity index is 477. The van der Waals surface area contributed by atoms with Gasteiger partial charge in [-0.1, -0.05) is 11.6 Å². The van der Waals surface area contributed by atoms with Crippen LogP contribution in [0.4, 0.5) is 0 Å². The zero-order valence-electron chi connectivity index (χ0n) is 13.1. The molecule has 0 spiro atoms. The van der Waals surface area contributed by atoms with E-state index < -0.39 is 0 Å². The molecular weight excluding hydrogens is 323 g/mol. The van der Waals surface area contributed by atoms with E-state index in [2.05, 4.69) is 10.6 Å². The second-order valence-corrected chi connectivity index (χ2v) is 6.32. The SMILES string of the molecule is COCC1(CNC(=O)c2cc(C)cc(Cl)c2)CCNCC1.Cl. The van der Waals surface area contributed by atoms with Crippen molar-refractivity contribution >= 4 is 29.9 Å². The third-order valence-electron chi connectivity index (χ3n) is 4.04. The Hall–Kier alpha value is -0.810. The molecule has 1 aliphatic heterocycles. The summed E-state index contributed by atoms with van der Waals surface area (Å²) in [5.41, 5.74) is 1.63. The van der Waals surface area contributed by atoms with Crippen LogP contribution in [0.1, 0.15) is 28.8 Å². The fourth-order valence-electron chi connectivity index (χ4n) is 2.87. The van der Waals surface area contributed by atoms with E-state index in [0.29, 0.717) is 23.7 Å². The Kier molecular flexibility index (Phi) is 7.63. The second kappa shape index (κ2) is 8.73. The number of piperidine rings is 1. The van der Waals surface area contributed by atoms with Gasteiger partial charge in [-0.05, 0) is 56.6 Å². The van der Waals surface area contributed by atoms with Gasteiger partial charge in [0, 0.05) is 29.7 Å². The summed E-state index contributed by atoms with van der Waals surface area (Å²) in [4.78, 5) is 12.3. The van der Waals surface area contributed by atoms with Crippen LogP contribution in [0.2, 0.25) is 5.02 Å². The smallest absolute Gasteiger partial charge is 0.251 e. The van der Waals surface area contributed by atoms with Gasteiger partial charge in [-0.25, -0.2) is 0 Å². The Morgan fingerprint density at radius 1 is 1.36 bits per heavy atom. The summed E-state index contributed by atoms with van der Waals surface area (Å²) in [7, 11) is 1.71. The maximum atomic E-state index is 12.3. The van der Waals surface area contributed by atoms with Crippen molar-refractivity contribution in [3.05, 3.63) is 34.3 Å². The first-order chi connectivity index (χ1) is 10.0. The highest BCUT2D eigenvalue weighted by Gasteiger charge is 2.32. The average Bonchev–Trinajstić information content (AvgIpc) is 2.45. The third-order valence-corrected chi connectivity index (χ3v) is 4.26. The molecule has 1 aromatic carbocycles. The number of ether oxygens (including phenoxy) is 1. The summed E-state index contributed by atoms with van der Waals surface area (Å²) in [6, 6.07) is 5.40. The molecule has 22 heavy (non-hydrogen) atoms. The van der Waals surface area contributed by atoms with Gasteiger partial charge in [-0.15, -0.1) is 12.4 Å². The molecule has 0 unspecified atom stereocenters. The number of methoxy groups -OCH3 is 1. The van der Waals surface area contributed by atoms with E-state index in [1.807, 2.05) is 19.1 Å². The molecule has 0 aliphatic carbocycles. The zero-order chi connectivity index (χ0) is 15.3. The lowest BCUT2D eigenvalue weighted by atomic mass is 9.79. The van der Waals surface area contributed by atoms with Crippen LogP contribution < -0.4 is 10.6 Å². The fraction of sp³-hybridized carbons (Fsp3) is 0.562. The number of benzene rings is 1. The van der Waals surface area contributed by atoms with Crippen molar-refractivity contribution in [2.75, 3.05) is 33.4 Å². The van der Waals surface area contributed by atoms with Crippen molar-refractivity contribution in [2.45, 2.75) is 19.8 Å². The normalized spacial score (nSPS) is 16.7. The van der Waals surface area contributed by atoms with Gasteiger partial charge in [0.1, 0.15) is 0 Å². The van der Waals surface area contributed by atoms with Crippen LogP contribution in [0, 0.1) is 12.3 Å². The molecule has 0 radical (unpaired) electrons. The van der Waals surface area contributed by atoms with Gasteiger partial charge in [-0.2, -0.15) is 0 Å². The minimum Gasteiger partial charge on any atom is -0.384 e. The van der Waals surface area contributed by atoms with E-state index >= 15 is 0 Å². The Morgan fingerprint density at radius 3 is 2.64 bits per heavy atom. The van der Waals surface area contributed by atoms with Crippen molar-refractivity contribution in [3.8, 4) is 0 Å². The van der Waals surface area contributed by atoms with Crippen molar-refractivity contribution < 1.29 is 9.53 Å². The number of hydrogen-bond acceptors (Lipinski definition) is 3. The topological polar surface area (TPSA) is 50.4 Å². The Morgan fingerprint density at radius 2 is 2.05 bits per heavy atom. The van der Waals surface area contributed by atoms with Crippen LogP contribution in [0.25, 0.3) is 0 Å². The lowest BCUT2D eigenvalue weighted by Gasteiger charge is -2.37. The molecule has 2 N–H and O–H groups in total. The number of halogens is 2. The number of carbonyl (C=O) groups is 1. The van der Waals surface area contributed by atoms with Crippen molar-refractivity contribution in [1.82, 2.24) is 10.6 Å². The number of amides is 1. The van der Waals surface area contributed by atoms with Crippen LogP contribution >= 0.6 is 24.0 Å². The molecule has 0 aromatic heterocycles. The summed E-state index contributed by atoms with van der Waals surface area (Å²) in [5.74, 6) is -0.0744. The van der Waals surface area contributed by atoms with E-state index in [1.54, 1.807) is 13.2 Å². The number of aryl methyl sites for hydroxylation is 1. The summed E-state index contributed by atoms with van der Waals surface area (Å²) in [6.07, 6.45) is 2.02. The van der Waals surface area contributed by atoms with Crippen LogP contribution in [-0.2, 0) is 4.74 Å². The van der Waals surface area contributed by atoms with Crippen molar-refractivity contribution in [3.63, 3.8) is 0 Å². The summed E-state index contributed by atoms with van der Waals surface area (Å²) >= 11 is 6.01. The molecule has 1 amide bonds. The van der Waals surface area contributed by atoms with Crippen LogP contribution in [0.5, 0.6) is 0 Å². The minimum atomic E-state index is -0.0744. The lowest BCUT2D eigenvalue weighted by molar-refractivity contribution is 0.0511. The van der Waals surface area contributed by atoms with Gasteiger partial charge >= 0.3 is 0 Å². The molecule has 0 saturated carbocycles. The summed E-state index contributed by atoms with van der Waals surface area (Å²) in [5, 5.41) is 6.98. The largest absolute Gasteiger partial charge is 0.384 e. The first kappa shape index (κ1) is 19.2. The molecule has 1 aliphatic rings. The molecule has 124 valence electrons. The van der Waals surface area contributed by atoms with E-state index in [1.165, 1.54) is 0 Å². The highest BCUT2D eigenvalue weighted by molar-refractivity contribution is 6.31. The minimum absolute atomic E-state index is 0. The van der Waals surface area contributed by atoms with Gasteiger partial charge < -0.3 is 15.4 Å². The van der Waals surface area contributed by atoms with Gasteiger partial charge in [0.15, 0.2) is 0 Å². The predicted octanol–water partition coefficient (Wildman–Crippen LogP) is 2.82. The standard InChI is InChI=1S/C16H23ClN2O2.ClH/c1-12-7-13(9-14(17)8-12)15(20)19-10-16(11-21-2)3-5-18-6-4-16;/h7-9,18H,3-6,10-11H2,1-2H3,(H,19,20);1H. The van der Waals surface area contributed by atoms with Gasteiger partial charge in [-0.3, -0.25) is 4.79 Å². The van der Waals surface area contributed by atoms with Crippen molar-refractivity contribution in [1.29, 1.82) is 0 Å². The number of hydrogen-bond donors (Lipinski definition) is 2. The Balaban J connectivity index is 0.00000242. The highest BCUT2D eigenvalue weighted by Crippen LogP contribution is 2.28. The Labute approximate surface area is 143 Å². The molecule has 4 nitrogen and oxygen atoms in total. The lowest BCUT2D eigenvalue weighted by Crippen LogP contribution is -2.47. The van der Waals surface area contributed by atoms with Crippen LogP contribution in [0.15, 0.2) is 18.2 Å². The van der Waals surface area contributed by atoms with Gasteiger partial charge in [0.2, 0.25) is 0 Å². The second-order valence-electron chi connectivity index (χ2n) is 5.88. The van der Waals surface area contributed by atoms with E-state index in [4.69, 9.17) is 16.3 Å². The molecule has 1 heterocycles. The molecule has 1 fully saturated rings. The maximum absolute atomic E-state index is 12.3. The quantitative estimate of drug-likeness (QED) is 0.861. The molecule has 1 saturated heterocycles. The van der Waals surface area contributed by atoms with Crippen LogP contribution in [0.3, 0.4) is 0 Å². The van der Waals surface area contributed by atoms with E-state index in [-0.39, 0.29) is 23.7 Å². The number of nitrogens with one attached hydrogen (secondary N) is 2. The predicted molar refractivity (Wildman–Crippen MR) is 92.2 cm³/mol. The van der Waals surface area contributed by atoms with Gasteiger partial charge in [0.25, 0.3) is 5.91 Å². The first-order valence-corrected chi connectivity index (χ1v) is 7.67. The third kappa shape index (κ3) is 5.13. The van der Waals surface area contributed by atoms with Crippen molar-refractivity contribution in [2.24, 2.45) is 5.41 Å². The number of rotatable bonds is 5. The molecular formula is C16H24Cl2N2O2. The summed E-state index contributed by atoms with van der Waals surface area (Å²) in [6.45, 7) is 5.17. The van der Waals surface area contributed by atoms with E-state index in [0.717, 1.165) is 31.5 Å². The highest BCUT2D eigenvalue weighted by atomic mass is 35.5. The molecule has 0 atom stereocenters. The summed E-state index contributed by atoms with van der Waals surface area (Å²) < 4.78 is 5.36. The maximum Gasteiger partial charge on any atom is 0.251 e.